The SMILES string of the molecule is Cc1cc(-c2ccccc2)ccc1N1B2c3cc(C(C)(C)C)cc4c3N(c3cc(N(c5ccc(-c6ccccc6)cc5)c5ccc(-c6ccccc6)cc5)cc(c32)-c2c1ccc1c2C(C)(C)c2ccccc2-1)C1(C)CCCCC41C. The van der Waals surface area contributed by atoms with Gasteiger partial charge in [0, 0.05) is 56.2 Å². The normalized spacial score (nSPS) is 18.7. The first-order chi connectivity index (χ1) is 38.7. The van der Waals surface area contributed by atoms with E-state index in [9.17, 15) is 0 Å². The monoisotopic (exact) mass is 1030 g/mol. The molecule has 1 fully saturated rings. The summed E-state index contributed by atoms with van der Waals surface area (Å²) in [4.78, 5) is 8.28. The molecule has 3 heterocycles. The van der Waals surface area contributed by atoms with Gasteiger partial charge in [-0.1, -0.05) is 218 Å². The number of rotatable bonds is 7. The van der Waals surface area contributed by atoms with E-state index in [1.165, 1.54) is 130 Å². The van der Waals surface area contributed by atoms with E-state index in [1.54, 1.807) is 0 Å². The van der Waals surface area contributed by atoms with E-state index >= 15 is 0 Å². The van der Waals surface area contributed by atoms with Crippen molar-refractivity contribution in [3.8, 4) is 55.6 Å². The lowest BCUT2D eigenvalue weighted by Gasteiger charge is -2.53. The van der Waals surface area contributed by atoms with Crippen molar-refractivity contribution in [3.63, 3.8) is 0 Å². The van der Waals surface area contributed by atoms with Crippen molar-refractivity contribution in [1.82, 2.24) is 0 Å². The molecule has 390 valence electrons. The highest BCUT2D eigenvalue weighted by atomic mass is 15.3. The van der Waals surface area contributed by atoms with E-state index in [4.69, 9.17) is 0 Å². The predicted molar refractivity (Wildman–Crippen MR) is 340 cm³/mol. The van der Waals surface area contributed by atoms with Gasteiger partial charge in [-0.15, -0.1) is 0 Å². The number of aryl methyl sites for hydroxylation is 1. The molecule has 0 N–H and O–H groups in total. The van der Waals surface area contributed by atoms with Crippen molar-refractivity contribution in [1.29, 1.82) is 0 Å². The zero-order chi connectivity index (χ0) is 54.5. The Morgan fingerprint density at radius 2 is 1.01 bits per heavy atom. The Morgan fingerprint density at radius 3 is 1.62 bits per heavy atom. The minimum atomic E-state index is -0.286. The third-order valence-corrected chi connectivity index (χ3v) is 19.8. The third kappa shape index (κ3) is 7.00. The van der Waals surface area contributed by atoms with Crippen LogP contribution in [0.2, 0.25) is 0 Å². The van der Waals surface area contributed by atoms with Gasteiger partial charge in [-0.25, -0.2) is 0 Å². The Labute approximate surface area is 474 Å². The number of nitrogens with zero attached hydrogens (tertiary/aromatic N) is 3. The van der Waals surface area contributed by atoms with Crippen LogP contribution >= 0.6 is 0 Å². The molecule has 3 nitrogen and oxygen atoms in total. The minimum absolute atomic E-state index is 0.0682. The first-order valence-electron chi connectivity index (χ1n) is 29.2. The molecule has 0 amide bonds. The van der Waals surface area contributed by atoms with Crippen molar-refractivity contribution in [3.05, 3.63) is 246 Å². The summed E-state index contributed by atoms with van der Waals surface area (Å²) in [7, 11) is 0. The second kappa shape index (κ2) is 17.6. The van der Waals surface area contributed by atoms with E-state index in [0.29, 0.717) is 0 Å². The molecule has 5 aliphatic rings. The van der Waals surface area contributed by atoms with E-state index < -0.39 is 0 Å². The number of anilines is 7. The van der Waals surface area contributed by atoms with Crippen LogP contribution in [0.25, 0.3) is 55.6 Å². The fourth-order valence-electron chi connectivity index (χ4n) is 15.5. The highest BCUT2D eigenvalue weighted by Crippen LogP contribution is 2.64. The maximum absolute atomic E-state index is 2.93. The molecule has 2 aliphatic carbocycles. The summed E-state index contributed by atoms with van der Waals surface area (Å²) in [5.74, 6) is 0. The van der Waals surface area contributed by atoms with Crippen molar-refractivity contribution in [2.24, 2.45) is 0 Å². The van der Waals surface area contributed by atoms with Crippen molar-refractivity contribution in [2.75, 3.05) is 14.6 Å². The van der Waals surface area contributed by atoms with Crippen molar-refractivity contribution >= 4 is 57.6 Å². The smallest absolute Gasteiger partial charge is 0.333 e. The summed E-state index contributed by atoms with van der Waals surface area (Å²) in [5, 5.41) is 0. The molecular formula is C76H68BN3. The highest BCUT2D eigenvalue weighted by molar-refractivity contribution is 6.93. The summed E-state index contributed by atoms with van der Waals surface area (Å²) in [6, 6.07) is 83.0. The average Bonchev–Trinajstić information content (AvgIpc) is 4.07. The third-order valence-electron chi connectivity index (χ3n) is 19.8. The molecule has 0 bridgehead atoms. The summed E-state index contributed by atoms with van der Waals surface area (Å²) >= 11 is 0. The first-order valence-corrected chi connectivity index (χ1v) is 29.2. The topological polar surface area (TPSA) is 9.72 Å². The van der Waals surface area contributed by atoms with Crippen LogP contribution in [0.3, 0.4) is 0 Å². The molecule has 2 unspecified atom stereocenters. The number of fused-ring (bicyclic) bond motifs is 11. The van der Waals surface area contributed by atoms with Gasteiger partial charge < -0.3 is 14.6 Å². The molecule has 4 heteroatoms. The molecule has 2 atom stereocenters. The predicted octanol–water partition coefficient (Wildman–Crippen LogP) is 19.0. The molecule has 0 radical (unpaired) electrons. The van der Waals surface area contributed by atoms with Crippen LogP contribution in [0.15, 0.2) is 218 Å². The summed E-state index contributed by atoms with van der Waals surface area (Å²) in [6.45, 7) is 19.7. The Hall–Kier alpha value is -8.34. The highest BCUT2D eigenvalue weighted by Gasteiger charge is 2.62. The fraction of sp³-hybridized carbons (Fsp3) is 0.211. The molecule has 15 rings (SSSR count). The summed E-state index contributed by atoms with van der Waals surface area (Å²) in [5.41, 5.74) is 30.6. The van der Waals surface area contributed by atoms with E-state index in [1.807, 2.05) is 0 Å². The molecule has 0 aromatic heterocycles. The molecule has 0 saturated heterocycles. The Morgan fingerprint density at radius 1 is 0.463 bits per heavy atom. The molecule has 3 aliphatic heterocycles. The minimum Gasteiger partial charge on any atom is -0.376 e. The standard InChI is InChI=1S/C76H68BN3/c1-49-44-55(52-26-16-11-17-27-52)34-40-66(49)80-67-41-39-61-60-28-18-19-29-63(60)74(5,6)70(61)69(67)62-47-59(48-68-71(62)77(80)65-46-56(73(2,3)4)45-64-72(65)79(68)76(8)43-21-20-42-75(64,76)7)78(57-35-30-53(31-36-57)50-22-12-9-13-23-50)58-37-32-54(33-38-58)51-24-14-10-15-25-51/h9-19,22-41,44-48H,20-21,42-43H2,1-8H3. The summed E-state index contributed by atoms with van der Waals surface area (Å²) < 4.78 is 0. The largest absolute Gasteiger partial charge is 0.376 e. The lowest BCUT2D eigenvalue weighted by Crippen LogP contribution is -2.65. The van der Waals surface area contributed by atoms with Gasteiger partial charge >= 0.3 is 6.85 Å². The van der Waals surface area contributed by atoms with Gasteiger partial charge in [0.15, 0.2) is 0 Å². The van der Waals surface area contributed by atoms with Crippen molar-refractivity contribution in [2.45, 2.75) is 103 Å². The fourth-order valence-corrected chi connectivity index (χ4v) is 15.5. The molecule has 1 saturated carbocycles. The van der Waals surface area contributed by atoms with E-state index in [2.05, 4.69) is 288 Å². The van der Waals surface area contributed by atoms with Gasteiger partial charge in [0.1, 0.15) is 0 Å². The maximum Gasteiger partial charge on any atom is 0.333 e. The second-order valence-electron chi connectivity index (χ2n) is 25.6. The zero-order valence-corrected chi connectivity index (χ0v) is 47.5. The molecule has 10 aromatic carbocycles. The van der Waals surface area contributed by atoms with Gasteiger partial charge in [-0.3, -0.25) is 0 Å². The Balaban J connectivity index is 1.06. The van der Waals surface area contributed by atoms with Crippen LogP contribution in [0, 0.1) is 6.92 Å². The summed E-state index contributed by atoms with van der Waals surface area (Å²) in [6.07, 6.45) is 4.72. The van der Waals surface area contributed by atoms with Crippen LogP contribution in [-0.2, 0) is 16.2 Å². The lowest BCUT2D eigenvalue weighted by atomic mass is 9.42. The van der Waals surface area contributed by atoms with Crippen LogP contribution in [0.1, 0.15) is 102 Å². The van der Waals surface area contributed by atoms with E-state index in [-0.39, 0.29) is 28.6 Å². The lowest BCUT2D eigenvalue weighted by molar-refractivity contribution is 0.195. The number of hydrogen-bond donors (Lipinski definition) is 0. The van der Waals surface area contributed by atoms with Gasteiger partial charge in [-0.05, 0) is 176 Å². The van der Waals surface area contributed by atoms with Crippen LogP contribution in [0.5, 0.6) is 0 Å². The van der Waals surface area contributed by atoms with Crippen LogP contribution in [-0.4, -0.2) is 12.4 Å². The quantitative estimate of drug-likeness (QED) is 0.147. The van der Waals surface area contributed by atoms with Gasteiger partial charge in [-0.2, -0.15) is 0 Å². The van der Waals surface area contributed by atoms with Gasteiger partial charge in [0.2, 0.25) is 0 Å². The van der Waals surface area contributed by atoms with Gasteiger partial charge in [0.05, 0.1) is 5.54 Å². The first kappa shape index (κ1) is 48.8. The Kier molecular flexibility index (Phi) is 10.7. The van der Waals surface area contributed by atoms with Gasteiger partial charge in [0.25, 0.3) is 0 Å². The van der Waals surface area contributed by atoms with Crippen LogP contribution in [0.4, 0.5) is 39.8 Å². The molecule has 10 aromatic rings. The number of benzene rings is 10. The second-order valence-corrected chi connectivity index (χ2v) is 25.6. The number of hydrogen-bond acceptors (Lipinski definition) is 3. The maximum atomic E-state index is 2.93. The van der Waals surface area contributed by atoms with Crippen LogP contribution < -0.4 is 25.5 Å². The van der Waals surface area contributed by atoms with E-state index in [0.717, 1.165) is 29.9 Å². The molecular weight excluding hydrogens is 966 g/mol. The average molecular weight is 1030 g/mol. The molecule has 0 spiro atoms. The zero-order valence-electron chi connectivity index (χ0n) is 47.5. The molecule has 80 heavy (non-hydrogen) atoms. The Bertz CT molecular complexity index is 4040. The van der Waals surface area contributed by atoms with Crippen molar-refractivity contribution < 1.29 is 0 Å².